The van der Waals surface area contributed by atoms with Crippen LogP contribution < -0.4 is 0 Å². The van der Waals surface area contributed by atoms with E-state index in [-0.39, 0.29) is 22.5 Å². The van der Waals surface area contributed by atoms with E-state index >= 15 is 0 Å². The molecule has 0 fully saturated rings. The van der Waals surface area contributed by atoms with E-state index in [2.05, 4.69) is 84.2 Å². The van der Waals surface area contributed by atoms with Gasteiger partial charge in [-0.3, -0.25) is 4.98 Å². The summed E-state index contributed by atoms with van der Waals surface area (Å²) >= 11 is 8.55. The number of aromatic nitrogens is 1. The first kappa shape index (κ1) is 27.1. The maximum Gasteiger partial charge on any atom is 0.192 e. The summed E-state index contributed by atoms with van der Waals surface area (Å²) in [5.74, 6) is 0.200. The number of aliphatic hydroxyl groups excluding tert-OH is 1. The molecule has 1 aromatic heterocycles. The van der Waals surface area contributed by atoms with Gasteiger partial charge in [0.25, 0.3) is 0 Å². The van der Waals surface area contributed by atoms with Crippen LogP contribution in [0.25, 0.3) is 0 Å². The minimum atomic E-state index is -2.00. The fourth-order valence-corrected chi connectivity index (χ4v) is 7.01. The fraction of sp³-hybridized carbons (Fsp3) is 0.593. The summed E-state index contributed by atoms with van der Waals surface area (Å²) in [6.07, 6.45) is 1.11. The van der Waals surface area contributed by atoms with Crippen LogP contribution in [0.2, 0.25) is 23.2 Å². The molecule has 0 radical (unpaired) electrons. The Morgan fingerprint density at radius 2 is 1.76 bits per heavy atom. The Bertz CT molecular complexity index is 1010. The number of halogens is 2. The molecule has 1 aromatic carbocycles. The van der Waals surface area contributed by atoms with Crippen LogP contribution in [0.3, 0.4) is 0 Å². The van der Waals surface area contributed by atoms with Gasteiger partial charge in [-0.15, -0.1) is 0 Å². The summed E-state index contributed by atoms with van der Waals surface area (Å²) in [6, 6.07) is 7.47. The Balaban J connectivity index is 2.21. The van der Waals surface area contributed by atoms with Gasteiger partial charge in [-0.2, -0.15) is 0 Å². The first-order chi connectivity index (χ1) is 15.0. The Labute approximate surface area is 220 Å². The van der Waals surface area contributed by atoms with Gasteiger partial charge in [-0.1, -0.05) is 72.2 Å². The van der Waals surface area contributed by atoms with Crippen molar-refractivity contribution in [2.24, 2.45) is 5.41 Å². The lowest BCUT2D eigenvalue weighted by atomic mass is 9.74. The number of benzene rings is 1. The Hall–Kier alpha value is -0.473. The third-order valence-corrected chi connectivity index (χ3v) is 13.2. The molecule has 1 aliphatic rings. The number of hydrogen-bond acceptors (Lipinski definition) is 3. The molecule has 3 nitrogen and oxygen atoms in total. The zero-order valence-corrected chi connectivity index (χ0v) is 25.4. The summed E-state index contributed by atoms with van der Waals surface area (Å²) in [5.41, 5.74) is 5.15. The molecule has 2 atom stereocenters. The third kappa shape index (κ3) is 5.69. The first-order valence-corrected chi connectivity index (χ1v) is 16.2. The van der Waals surface area contributed by atoms with Gasteiger partial charge >= 0.3 is 0 Å². The molecule has 0 amide bonds. The molecule has 182 valence electrons. The van der Waals surface area contributed by atoms with Crippen molar-refractivity contribution in [3.63, 3.8) is 0 Å². The van der Waals surface area contributed by atoms with Gasteiger partial charge in [0.05, 0.1) is 11.8 Å². The molecule has 0 bridgehead atoms. The molecule has 33 heavy (non-hydrogen) atoms. The molecule has 2 aromatic rings. The maximum atomic E-state index is 11.5. The molecule has 3 rings (SSSR count). The number of pyridine rings is 1. The zero-order chi connectivity index (χ0) is 24.9. The van der Waals surface area contributed by atoms with E-state index in [1.165, 1.54) is 5.56 Å². The average molecular weight is 600 g/mol. The zero-order valence-electron chi connectivity index (χ0n) is 21.5. The topological polar surface area (TPSA) is 42.4 Å². The number of aliphatic hydroxyl groups is 1. The van der Waals surface area contributed by atoms with Crippen molar-refractivity contribution >= 4 is 42.5 Å². The van der Waals surface area contributed by atoms with Crippen molar-refractivity contribution in [1.29, 1.82) is 0 Å². The van der Waals surface area contributed by atoms with Gasteiger partial charge in [-0.05, 0) is 82.6 Å². The SMILES string of the molecule is CC(C)c1nc2c(c(I)c1C(O)c1ccc(Cl)cc1)[C@@H](O[Si](C)(C)C(C)(C)C)CC(C)(C)C2. The monoisotopic (exact) mass is 599 g/mol. The molecule has 1 unspecified atom stereocenters. The summed E-state index contributed by atoms with van der Waals surface area (Å²) in [7, 11) is -2.00. The van der Waals surface area contributed by atoms with Gasteiger partial charge < -0.3 is 9.53 Å². The standard InChI is InChI=1S/C27H39ClINO2Si/c1-16(2)24-22(25(31)17-10-12-18(28)13-11-17)23(29)21-19(30-24)14-27(6,7)15-20(21)32-33(8,9)26(3,4)5/h10-13,16,20,25,31H,14-15H2,1-9H3/t20-,25?/m0/s1. The molecule has 0 saturated carbocycles. The van der Waals surface area contributed by atoms with Crippen LogP contribution in [0.5, 0.6) is 0 Å². The van der Waals surface area contributed by atoms with Gasteiger partial charge in [-0.25, -0.2) is 0 Å². The van der Waals surface area contributed by atoms with Crippen LogP contribution in [0.15, 0.2) is 24.3 Å². The molecule has 0 aliphatic heterocycles. The van der Waals surface area contributed by atoms with Crippen molar-refractivity contribution < 1.29 is 9.53 Å². The highest BCUT2D eigenvalue weighted by molar-refractivity contribution is 14.1. The fourth-order valence-electron chi connectivity index (χ4n) is 4.39. The minimum Gasteiger partial charge on any atom is -0.410 e. The number of hydrogen-bond donors (Lipinski definition) is 1. The highest BCUT2D eigenvalue weighted by Crippen LogP contribution is 2.50. The van der Waals surface area contributed by atoms with Crippen molar-refractivity contribution in [2.45, 2.75) is 97.6 Å². The summed E-state index contributed by atoms with van der Waals surface area (Å²) in [4.78, 5) is 5.22. The van der Waals surface area contributed by atoms with Gasteiger partial charge in [0.1, 0.15) is 6.10 Å². The molecular formula is C27H39ClINO2Si. The highest BCUT2D eigenvalue weighted by Gasteiger charge is 2.44. The van der Waals surface area contributed by atoms with Crippen molar-refractivity contribution in [2.75, 3.05) is 0 Å². The van der Waals surface area contributed by atoms with E-state index in [0.29, 0.717) is 5.02 Å². The lowest BCUT2D eigenvalue weighted by Crippen LogP contribution is -2.44. The molecule has 1 N–H and O–H groups in total. The molecule has 0 saturated heterocycles. The van der Waals surface area contributed by atoms with Gasteiger partial charge in [0.15, 0.2) is 8.32 Å². The normalized spacial score (nSPS) is 19.5. The predicted octanol–water partition coefficient (Wildman–Crippen LogP) is 8.58. The van der Waals surface area contributed by atoms with Crippen molar-refractivity contribution in [1.82, 2.24) is 4.98 Å². The Morgan fingerprint density at radius 3 is 2.27 bits per heavy atom. The minimum absolute atomic E-state index is 0.0126. The van der Waals surface area contributed by atoms with Crippen LogP contribution in [-0.2, 0) is 10.8 Å². The van der Waals surface area contributed by atoms with E-state index < -0.39 is 14.4 Å². The lowest BCUT2D eigenvalue weighted by Gasteiger charge is -2.44. The Kier molecular flexibility index (Phi) is 7.83. The van der Waals surface area contributed by atoms with Crippen LogP contribution in [0.1, 0.15) is 101 Å². The van der Waals surface area contributed by atoms with Crippen LogP contribution in [0.4, 0.5) is 0 Å². The predicted molar refractivity (Wildman–Crippen MR) is 150 cm³/mol. The van der Waals surface area contributed by atoms with Crippen LogP contribution in [0, 0.1) is 8.99 Å². The van der Waals surface area contributed by atoms with Gasteiger partial charge in [0.2, 0.25) is 0 Å². The third-order valence-electron chi connectivity index (χ3n) is 7.27. The molecule has 1 aliphatic carbocycles. The number of rotatable bonds is 5. The molecule has 6 heteroatoms. The van der Waals surface area contributed by atoms with Gasteiger partial charge in [0, 0.05) is 25.4 Å². The Morgan fingerprint density at radius 1 is 1.18 bits per heavy atom. The lowest BCUT2D eigenvalue weighted by molar-refractivity contribution is 0.104. The maximum absolute atomic E-state index is 11.5. The molecular weight excluding hydrogens is 561 g/mol. The second kappa shape index (κ2) is 9.53. The molecule has 1 heterocycles. The summed E-state index contributed by atoms with van der Waals surface area (Å²) in [6.45, 7) is 20.4. The summed E-state index contributed by atoms with van der Waals surface area (Å²) in [5, 5.41) is 12.3. The smallest absolute Gasteiger partial charge is 0.192 e. The van der Waals surface area contributed by atoms with E-state index in [0.717, 1.165) is 38.9 Å². The molecule has 0 spiro atoms. The van der Waals surface area contributed by atoms with E-state index in [1.807, 2.05) is 24.3 Å². The average Bonchev–Trinajstić information content (AvgIpc) is 2.65. The largest absolute Gasteiger partial charge is 0.410 e. The van der Waals surface area contributed by atoms with Crippen molar-refractivity contribution in [3.8, 4) is 0 Å². The second-order valence-corrected chi connectivity index (χ2v) is 18.4. The van der Waals surface area contributed by atoms with E-state index in [4.69, 9.17) is 21.0 Å². The van der Waals surface area contributed by atoms with Crippen LogP contribution in [-0.4, -0.2) is 18.4 Å². The first-order valence-electron chi connectivity index (χ1n) is 11.9. The number of nitrogens with zero attached hydrogens (tertiary/aromatic N) is 1. The van der Waals surface area contributed by atoms with Crippen molar-refractivity contribution in [3.05, 3.63) is 60.9 Å². The van der Waals surface area contributed by atoms with E-state index in [9.17, 15) is 5.11 Å². The highest BCUT2D eigenvalue weighted by atomic mass is 127. The quantitative estimate of drug-likeness (QED) is 0.276. The van der Waals surface area contributed by atoms with E-state index in [1.54, 1.807) is 0 Å². The second-order valence-electron chi connectivity index (χ2n) is 12.1. The van der Waals surface area contributed by atoms with Crippen LogP contribution >= 0.6 is 34.2 Å². The number of fused-ring (bicyclic) bond motifs is 1. The summed E-state index contributed by atoms with van der Waals surface area (Å²) < 4.78 is 8.14.